The Morgan fingerprint density at radius 3 is 2.37 bits per heavy atom. The predicted octanol–water partition coefficient (Wildman–Crippen LogP) is 3.64. The molecule has 136 valence electrons. The molecule has 1 saturated heterocycles. The van der Waals surface area contributed by atoms with E-state index >= 15 is 4.39 Å². The van der Waals surface area contributed by atoms with Gasteiger partial charge in [0.1, 0.15) is 11.9 Å². The number of aromatic nitrogens is 2. The fraction of sp³-hybridized carbons (Fsp3) is 0.190. The molecule has 4 rings (SSSR count). The standard InChI is InChI=1S/C21H19FN4O/c22-19-16(14-6-2-1-3-7-14)8-4-9-17(19)15-12-24-21(25-13-15)26-18-10-5-11-23-20(18)27/h1-4,6-9,12-13,18H,5,10-11H2,(H,23,27)(H,24,25,26)/t18-/m0/s1. The molecule has 1 aliphatic rings. The monoisotopic (exact) mass is 362 g/mol. The quantitative estimate of drug-likeness (QED) is 0.744. The number of rotatable bonds is 4. The number of piperidine rings is 1. The van der Waals surface area contributed by atoms with Crippen molar-refractivity contribution < 1.29 is 9.18 Å². The maximum atomic E-state index is 15.0. The van der Waals surface area contributed by atoms with Crippen molar-refractivity contribution in [1.82, 2.24) is 15.3 Å². The van der Waals surface area contributed by atoms with Crippen LogP contribution in [0.4, 0.5) is 10.3 Å². The van der Waals surface area contributed by atoms with Crippen LogP contribution in [0.5, 0.6) is 0 Å². The Morgan fingerprint density at radius 2 is 1.67 bits per heavy atom. The molecule has 2 N–H and O–H groups in total. The van der Waals surface area contributed by atoms with Crippen LogP contribution in [0.2, 0.25) is 0 Å². The molecule has 2 aromatic carbocycles. The number of benzene rings is 2. The number of amides is 1. The Morgan fingerprint density at radius 1 is 0.963 bits per heavy atom. The molecule has 0 unspecified atom stereocenters. The van der Waals surface area contributed by atoms with E-state index < -0.39 is 0 Å². The first-order valence-corrected chi connectivity index (χ1v) is 8.93. The van der Waals surface area contributed by atoms with E-state index in [1.165, 1.54) is 0 Å². The molecule has 2 heterocycles. The molecule has 0 radical (unpaired) electrons. The number of nitrogens with one attached hydrogen (secondary N) is 2. The Balaban J connectivity index is 1.58. The van der Waals surface area contributed by atoms with Crippen LogP contribution in [0.15, 0.2) is 60.9 Å². The summed E-state index contributed by atoms with van der Waals surface area (Å²) < 4.78 is 15.0. The summed E-state index contributed by atoms with van der Waals surface area (Å²) in [7, 11) is 0. The summed E-state index contributed by atoms with van der Waals surface area (Å²) >= 11 is 0. The van der Waals surface area contributed by atoms with E-state index in [2.05, 4.69) is 20.6 Å². The molecular weight excluding hydrogens is 343 g/mol. The van der Waals surface area contributed by atoms with Gasteiger partial charge in [0.25, 0.3) is 0 Å². The average Bonchev–Trinajstić information content (AvgIpc) is 2.71. The molecule has 1 aliphatic heterocycles. The van der Waals surface area contributed by atoms with Gasteiger partial charge in [-0.05, 0) is 18.4 Å². The second-order valence-corrected chi connectivity index (χ2v) is 6.46. The van der Waals surface area contributed by atoms with Crippen LogP contribution >= 0.6 is 0 Å². The van der Waals surface area contributed by atoms with Gasteiger partial charge < -0.3 is 10.6 Å². The number of carbonyl (C=O) groups excluding carboxylic acids is 1. The van der Waals surface area contributed by atoms with Crippen LogP contribution in [0.25, 0.3) is 22.3 Å². The lowest BCUT2D eigenvalue weighted by Crippen LogP contribution is -2.44. The first-order valence-electron chi connectivity index (χ1n) is 8.93. The molecule has 1 aromatic heterocycles. The maximum Gasteiger partial charge on any atom is 0.242 e. The molecule has 0 saturated carbocycles. The third-order valence-corrected chi connectivity index (χ3v) is 4.63. The zero-order valence-electron chi connectivity index (χ0n) is 14.7. The Hall–Kier alpha value is -3.28. The van der Waals surface area contributed by atoms with Crippen molar-refractivity contribution in [3.8, 4) is 22.3 Å². The van der Waals surface area contributed by atoms with Gasteiger partial charge in [-0.1, -0.05) is 48.5 Å². The Kier molecular flexibility index (Phi) is 4.78. The highest BCUT2D eigenvalue weighted by molar-refractivity contribution is 5.84. The molecular formula is C21H19FN4O. The second-order valence-electron chi connectivity index (χ2n) is 6.46. The van der Waals surface area contributed by atoms with Crippen molar-refractivity contribution in [2.75, 3.05) is 11.9 Å². The van der Waals surface area contributed by atoms with Crippen molar-refractivity contribution in [2.45, 2.75) is 18.9 Å². The summed E-state index contributed by atoms with van der Waals surface area (Å²) in [4.78, 5) is 20.3. The fourth-order valence-corrected chi connectivity index (χ4v) is 3.20. The summed E-state index contributed by atoms with van der Waals surface area (Å²) in [5, 5.41) is 5.85. The van der Waals surface area contributed by atoms with Crippen molar-refractivity contribution >= 4 is 11.9 Å². The smallest absolute Gasteiger partial charge is 0.242 e. The SMILES string of the molecule is O=C1NCCC[C@@H]1Nc1ncc(-c2cccc(-c3ccccc3)c2F)cn1. The van der Waals surface area contributed by atoms with Gasteiger partial charge in [-0.2, -0.15) is 0 Å². The second kappa shape index (κ2) is 7.53. The van der Waals surface area contributed by atoms with Crippen molar-refractivity contribution in [1.29, 1.82) is 0 Å². The van der Waals surface area contributed by atoms with Gasteiger partial charge in [-0.3, -0.25) is 4.79 Å². The van der Waals surface area contributed by atoms with Crippen molar-refractivity contribution in [2.24, 2.45) is 0 Å². The van der Waals surface area contributed by atoms with Gasteiger partial charge in [0, 0.05) is 35.6 Å². The maximum absolute atomic E-state index is 15.0. The third kappa shape index (κ3) is 3.65. The summed E-state index contributed by atoms with van der Waals surface area (Å²) in [5.41, 5.74) is 2.38. The topological polar surface area (TPSA) is 66.9 Å². The molecule has 0 spiro atoms. The van der Waals surface area contributed by atoms with Gasteiger partial charge in [0.2, 0.25) is 11.9 Å². The van der Waals surface area contributed by atoms with E-state index in [4.69, 9.17) is 0 Å². The van der Waals surface area contributed by atoms with Crippen LogP contribution in [0, 0.1) is 5.82 Å². The molecule has 6 heteroatoms. The van der Waals surface area contributed by atoms with E-state index in [9.17, 15) is 4.79 Å². The van der Waals surface area contributed by atoms with E-state index in [1.807, 2.05) is 36.4 Å². The van der Waals surface area contributed by atoms with E-state index in [0.717, 1.165) is 18.4 Å². The molecule has 1 amide bonds. The van der Waals surface area contributed by atoms with Crippen molar-refractivity contribution in [3.63, 3.8) is 0 Å². The van der Waals surface area contributed by atoms with Crippen LogP contribution in [-0.2, 0) is 4.79 Å². The fourth-order valence-electron chi connectivity index (χ4n) is 3.20. The van der Waals surface area contributed by atoms with Gasteiger partial charge in [0.15, 0.2) is 0 Å². The number of hydrogen-bond acceptors (Lipinski definition) is 4. The van der Waals surface area contributed by atoms with E-state index in [0.29, 0.717) is 29.2 Å². The minimum absolute atomic E-state index is 0.0458. The lowest BCUT2D eigenvalue weighted by Gasteiger charge is -2.22. The van der Waals surface area contributed by atoms with Gasteiger partial charge in [-0.25, -0.2) is 14.4 Å². The summed E-state index contributed by atoms with van der Waals surface area (Å²) in [5.74, 6) is 0.00984. The zero-order chi connectivity index (χ0) is 18.6. The highest BCUT2D eigenvalue weighted by atomic mass is 19.1. The summed E-state index contributed by atoms with van der Waals surface area (Å²) in [6.07, 6.45) is 4.80. The number of halogens is 1. The Bertz CT molecular complexity index is 944. The predicted molar refractivity (Wildman–Crippen MR) is 103 cm³/mol. The average molecular weight is 362 g/mol. The van der Waals surface area contributed by atoms with Gasteiger partial charge >= 0.3 is 0 Å². The minimum atomic E-state index is -0.331. The van der Waals surface area contributed by atoms with Crippen molar-refractivity contribution in [3.05, 3.63) is 66.7 Å². The van der Waals surface area contributed by atoms with Gasteiger partial charge in [-0.15, -0.1) is 0 Å². The number of anilines is 1. The van der Waals surface area contributed by atoms with E-state index in [1.54, 1.807) is 24.5 Å². The lowest BCUT2D eigenvalue weighted by molar-refractivity contribution is -0.123. The normalized spacial score (nSPS) is 16.6. The molecule has 1 atom stereocenters. The van der Waals surface area contributed by atoms with Crippen LogP contribution in [0.1, 0.15) is 12.8 Å². The minimum Gasteiger partial charge on any atom is -0.354 e. The van der Waals surface area contributed by atoms with Crippen LogP contribution in [-0.4, -0.2) is 28.5 Å². The molecule has 0 aliphatic carbocycles. The molecule has 5 nitrogen and oxygen atoms in total. The van der Waals surface area contributed by atoms with Gasteiger partial charge in [0.05, 0.1) is 0 Å². The first-order chi connectivity index (χ1) is 13.2. The highest BCUT2D eigenvalue weighted by Crippen LogP contribution is 2.30. The zero-order valence-corrected chi connectivity index (χ0v) is 14.7. The van der Waals surface area contributed by atoms with Crippen LogP contribution < -0.4 is 10.6 Å². The third-order valence-electron chi connectivity index (χ3n) is 4.63. The van der Waals surface area contributed by atoms with E-state index in [-0.39, 0.29) is 17.8 Å². The van der Waals surface area contributed by atoms with Crippen LogP contribution in [0.3, 0.4) is 0 Å². The molecule has 1 fully saturated rings. The largest absolute Gasteiger partial charge is 0.354 e. The highest BCUT2D eigenvalue weighted by Gasteiger charge is 2.22. The summed E-state index contributed by atoms with van der Waals surface area (Å²) in [6.45, 7) is 0.702. The molecule has 0 bridgehead atoms. The number of nitrogens with zero attached hydrogens (tertiary/aromatic N) is 2. The number of hydrogen-bond donors (Lipinski definition) is 2. The molecule has 3 aromatic rings. The lowest BCUT2D eigenvalue weighted by atomic mass is 9.99. The number of carbonyl (C=O) groups is 1. The molecule has 27 heavy (non-hydrogen) atoms. The Labute approximate surface area is 156 Å². The first kappa shape index (κ1) is 17.1. The summed E-state index contributed by atoms with van der Waals surface area (Å²) in [6, 6.07) is 14.4.